The second-order valence-corrected chi connectivity index (χ2v) is 3.57. The van der Waals surface area contributed by atoms with E-state index in [1.807, 2.05) is 0 Å². The Morgan fingerprint density at radius 2 is 2.08 bits per heavy atom. The maximum atomic E-state index is 5.88. The molecule has 2 N–H and O–H groups in total. The summed E-state index contributed by atoms with van der Waals surface area (Å²) in [6.45, 7) is 0.482. The molecule has 0 aromatic heterocycles. The fraction of sp³-hybridized carbons (Fsp3) is 0.250. The van der Waals surface area contributed by atoms with Crippen LogP contribution in [0.5, 0.6) is 5.75 Å². The lowest BCUT2D eigenvalue weighted by Gasteiger charge is -2.02. The maximum Gasteiger partial charge on any atom is 0.142 e. The average molecular weight is 241 g/mol. The van der Waals surface area contributed by atoms with Gasteiger partial charge in [0.15, 0.2) is 0 Å². The Hall–Kier alpha value is -0.150. The van der Waals surface area contributed by atoms with Gasteiger partial charge in [-0.15, -0.1) is 12.4 Å². The second-order valence-electron chi connectivity index (χ2n) is 2.72. The molecule has 1 atom stereocenters. The molecule has 0 fully saturated rings. The Morgan fingerprint density at radius 3 is 2.77 bits per heavy atom. The van der Waals surface area contributed by atoms with Crippen LogP contribution in [0.25, 0.3) is 0 Å². The number of benzene rings is 1. The molecular formula is C8H8Cl3NO. The van der Waals surface area contributed by atoms with Gasteiger partial charge in [-0.25, -0.2) is 0 Å². The molecule has 1 aliphatic rings. The van der Waals surface area contributed by atoms with Crippen molar-refractivity contribution >= 4 is 35.6 Å². The van der Waals surface area contributed by atoms with Gasteiger partial charge in [0.2, 0.25) is 0 Å². The predicted octanol–water partition coefficient (Wildman–Crippen LogP) is 2.81. The molecule has 1 aromatic rings. The van der Waals surface area contributed by atoms with Crippen molar-refractivity contribution < 1.29 is 4.74 Å². The monoisotopic (exact) mass is 239 g/mol. The minimum absolute atomic E-state index is 0. The zero-order valence-electron chi connectivity index (χ0n) is 6.59. The zero-order chi connectivity index (χ0) is 8.72. The molecule has 0 spiro atoms. The molecule has 2 rings (SSSR count). The number of halogens is 3. The van der Waals surface area contributed by atoms with Gasteiger partial charge in [-0.1, -0.05) is 23.2 Å². The van der Waals surface area contributed by atoms with E-state index in [2.05, 4.69) is 0 Å². The fourth-order valence-corrected chi connectivity index (χ4v) is 1.83. The number of hydrogen-bond acceptors (Lipinski definition) is 2. The number of rotatable bonds is 0. The highest BCUT2D eigenvalue weighted by Crippen LogP contribution is 2.39. The van der Waals surface area contributed by atoms with Crippen LogP contribution in [0.3, 0.4) is 0 Å². The van der Waals surface area contributed by atoms with E-state index in [0.29, 0.717) is 22.4 Å². The summed E-state index contributed by atoms with van der Waals surface area (Å²) in [4.78, 5) is 0. The van der Waals surface area contributed by atoms with E-state index in [1.54, 1.807) is 12.1 Å². The van der Waals surface area contributed by atoms with Crippen LogP contribution in [-0.4, -0.2) is 6.61 Å². The third-order valence-corrected chi connectivity index (χ3v) is 2.34. The first-order valence-electron chi connectivity index (χ1n) is 3.56. The van der Waals surface area contributed by atoms with Crippen molar-refractivity contribution in [1.29, 1.82) is 0 Å². The lowest BCUT2D eigenvalue weighted by Crippen LogP contribution is -2.10. The van der Waals surface area contributed by atoms with Crippen LogP contribution >= 0.6 is 35.6 Å². The van der Waals surface area contributed by atoms with Crippen molar-refractivity contribution in [3.8, 4) is 5.75 Å². The van der Waals surface area contributed by atoms with Gasteiger partial charge in [0.05, 0.1) is 11.1 Å². The first-order valence-corrected chi connectivity index (χ1v) is 4.31. The van der Waals surface area contributed by atoms with Crippen LogP contribution in [0.1, 0.15) is 11.6 Å². The van der Waals surface area contributed by atoms with Crippen molar-refractivity contribution in [2.75, 3.05) is 6.61 Å². The smallest absolute Gasteiger partial charge is 0.142 e. The third kappa shape index (κ3) is 1.86. The van der Waals surface area contributed by atoms with Gasteiger partial charge in [0, 0.05) is 10.6 Å². The summed E-state index contributed by atoms with van der Waals surface area (Å²) in [6, 6.07) is 3.34. The van der Waals surface area contributed by atoms with Gasteiger partial charge in [0.1, 0.15) is 12.4 Å². The molecule has 0 saturated heterocycles. The molecule has 0 bridgehead atoms. The van der Waals surface area contributed by atoms with Gasteiger partial charge >= 0.3 is 0 Å². The molecule has 13 heavy (non-hydrogen) atoms. The minimum atomic E-state index is -0.101. The SMILES string of the molecule is Cl.N[C@@H]1COc2c(Cl)cc(Cl)cc21. The second kappa shape index (κ2) is 3.93. The van der Waals surface area contributed by atoms with Crippen LogP contribution in [0.2, 0.25) is 10.0 Å². The molecule has 2 nitrogen and oxygen atoms in total. The van der Waals surface area contributed by atoms with Crippen molar-refractivity contribution in [2.24, 2.45) is 5.73 Å². The number of nitrogens with two attached hydrogens (primary N) is 1. The summed E-state index contributed by atoms with van der Waals surface area (Å²) < 4.78 is 5.28. The molecule has 0 radical (unpaired) electrons. The number of fused-ring (bicyclic) bond motifs is 1. The highest BCUT2D eigenvalue weighted by Gasteiger charge is 2.23. The van der Waals surface area contributed by atoms with E-state index in [4.69, 9.17) is 33.7 Å². The zero-order valence-corrected chi connectivity index (χ0v) is 8.92. The lowest BCUT2D eigenvalue weighted by atomic mass is 10.1. The van der Waals surface area contributed by atoms with E-state index < -0.39 is 0 Å². The molecule has 0 unspecified atom stereocenters. The topological polar surface area (TPSA) is 35.2 Å². The van der Waals surface area contributed by atoms with Crippen molar-refractivity contribution in [3.63, 3.8) is 0 Å². The first-order chi connectivity index (χ1) is 5.68. The Bertz CT molecular complexity index is 329. The standard InChI is InChI=1S/C8H7Cl2NO.ClH/c9-4-1-5-7(11)3-12-8(5)6(10)2-4;/h1-2,7H,3,11H2;1H/t7-;/m1./s1. The summed E-state index contributed by atoms with van der Waals surface area (Å²) >= 11 is 11.7. The average Bonchev–Trinajstić information content (AvgIpc) is 2.33. The summed E-state index contributed by atoms with van der Waals surface area (Å²) in [7, 11) is 0. The van der Waals surface area contributed by atoms with Crippen molar-refractivity contribution in [3.05, 3.63) is 27.7 Å². The van der Waals surface area contributed by atoms with Gasteiger partial charge < -0.3 is 10.5 Å². The van der Waals surface area contributed by atoms with Gasteiger partial charge in [-0.3, -0.25) is 0 Å². The summed E-state index contributed by atoms with van der Waals surface area (Å²) in [6.07, 6.45) is 0. The lowest BCUT2D eigenvalue weighted by molar-refractivity contribution is 0.333. The van der Waals surface area contributed by atoms with E-state index in [0.717, 1.165) is 5.56 Å². The Labute approximate surface area is 92.4 Å². The highest BCUT2D eigenvalue weighted by atomic mass is 35.5. The molecule has 5 heteroatoms. The van der Waals surface area contributed by atoms with Crippen LogP contribution in [0, 0.1) is 0 Å². The molecular weight excluding hydrogens is 232 g/mol. The number of hydrogen-bond donors (Lipinski definition) is 1. The first kappa shape index (κ1) is 10.9. The molecule has 0 amide bonds. The summed E-state index contributed by atoms with van der Waals surface area (Å²) in [5.41, 5.74) is 6.64. The quantitative estimate of drug-likeness (QED) is 0.757. The van der Waals surface area contributed by atoms with E-state index in [9.17, 15) is 0 Å². The van der Waals surface area contributed by atoms with Crippen molar-refractivity contribution in [2.45, 2.75) is 6.04 Å². The maximum absolute atomic E-state index is 5.88. The summed E-state index contributed by atoms with van der Waals surface area (Å²) in [5, 5.41) is 1.13. The Kier molecular flexibility index (Phi) is 3.30. The molecule has 1 heterocycles. The molecule has 1 aromatic carbocycles. The number of ether oxygens (including phenoxy) is 1. The highest BCUT2D eigenvalue weighted by molar-refractivity contribution is 6.35. The molecule has 0 aliphatic carbocycles. The van der Waals surface area contributed by atoms with Crippen LogP contribution in [-0.2, 0) is 0 Å². The summed E-state index contributed by atoms with van der Waals surface area (Å²) in [5.74, 6) is 0.675. The normalized spacial score (nSPS) is 18.8. The largest absolute Gasteiger partial charge is 0.490 e. The van der Waals surface area contributed by atoms with Crippen LogP contribution in [0.15, 0.2) is 12.1 Å². The van der Waals surface area contributed by atoms with Gasteiger partial charge in [-0.2, -0.15) is 0 Å². The van der Waals surface area contributed by atoms with Crippen molar-refractivity contribution in [1.82, 2.24) is 0 Å². The predicted molar refractivity (Wildman–Crippen MR) is 56.1 cm³/mol. The van der Waals surface area contributed by atoms with Gasteiger partial charge in [0.25, 0.3) is 0 Å². The van der Waals surface area contributed by atoms with Gasteiger partial charge in [-0.05, 0) is 12.1 Å². The van der Waals surface area contributed by atoms with E-state index >= 15 is 0 Å². The van der Waals surface area contributed by atoms with Crippen LogP contribution in [0.4, 0.5) is 0 Å². The molecule has 0 saturated carbocycles. The molecule has 1 aliphatic heterocycles. The Balaban J connectivity index is 0.000000845. The Morgan fingerprint density at radius 1 is 1.38 bits per heavy atom. The van der Waals surface area contributed by atoms with E-state index in [1.165, 1.54) is 0 Å². The van der Waals surface area contributed by atoms with Crippen LogP contribution < -0.4 is 10.5 Å². The minimum Gasteiger partial charge on any atom is -0.490 e. The third-order valence-electron chi connectivity index (χ3n) is 1.84. The van der Waals surface area contributed by atoms with E-state index in [-0.39, 0.29) is 18.4 Å². The molecule has 72 valence electrons. The fourth-order valence-electron chi connectivity index (χ4n) is 1.27.